The molecular formula is C28H31NO5S. The molecule has 2 aliphatic rings. The molecule has 1 heterocycles. The zero-order valence-corrected chi connectivity index (χ0v) is 20.1. The third-order valence-corrected chi connectivity index (χ3v) is 7.13. The molecule has 1 fully saturated rings. The molecule has 184 valence electrons. The molecule has 0 unspecified atom stereocenters. The van der Waals surface area contributed by atoms with Crippen LogP contribution in [0, 0.1) is 0 Å². The van der Waals surface area contributed by atoms with Crippen molar-refractivity contribution in [2.75, 3.05) is 26.1 Å². The SMILES string of the molecule is [2H]C([2H])(Oc1ccc([C@H]2c3ccc(OS(=O)(=O)O)cc3CC[C@H]2c2ccccc2)cc1)C([2H])([2H])N1CCCC1. The van der Waals surface area contributed by atoms with Gasteiger partial charge in [-0.1, -0.05) is 48.5 Å². The molecule has 1 aliphatic carbocycles. The van der Waals surface area contributed by atoms with Crippen molar-refractivity contribution >= 4 is 10.4 Å². The average molecular weight is 498 g/mol. The van der Waals surface area contributed by atoms with E-state index in [0.29, 0.717) is 19.5 Å². The maximum Gasteiger partial charge on any atom is 0.446 e. The molecular weight excluding hydrogens is 462 g/mol. The number of ether oxygens (including phenoxy) is 1. The molecule has 0 bridgehead atoms. The molecule has 0 aromatic heterocycles. The highest BCUT2D eigenvalue weighted by molar-refractivity contribution is 7.81. The Balaban J connectivity index is 1.46. The van der Waals surface area contributed by atoms with E-state index in [-0.39, 0.29) is 23.3 Å². The summed E-state index contributed by atoms with van der Waals surface area (Å²) in [6.45, 7) is -3.83. The van der Waals surface area contributed by atoms with E-state index in [0.717, 1.165) is 36.0 Å². The Morgan fingerprint density at radius 3 is 2.37 bits per heavy atom. The van der Waals surface area contributed by atoms with Crippen LogP contribution < -0.4 is 8.92 Å². The van der Waals surface area contributed by atoms with E-state index in [1.807, 2.05) is 36.4 Å². The molecule has 5 rings (SSSR count). The van der Waals surface area contributed by atoms with Crippen molar-refractivity contribution in [3.8, 4) is 11.5 Å². The Morgan fingerprint density at radius 2 is 1.66 bits per heavy atom. The van der Waals surface area contributed by atoms with E-state index in [4.69, 9.17) is 14.8 Å². The summed E-state index contributed by atoms with van der Waals surface area (Å²) in [7, 11) is -4.63. The Morgan fingerprint density at radius 1 is 0.943 bits per heavy atom. The van der Waals surface area contributed by atoms with Crippen LogP contribution in [0.5, 0.6) is 11.5 Å². The molecule has 0 spiro atoms. The van der Waals surface area contributed by atoms with Crippen LogP contribution in [-0.2, 0) is 16.8 Å². The van der Waals surface area contributed by atoms with Gasteiger partial charge >= 0.3 is 10.4 Å². The molecule has 2 atom stereocenters. The number of hydrogen-bond acceptors (Lipinski definition) is 5. The lowest BCUT2D eigenvalue weighted by molar-refractivity contribution is 0.237. The topological polar surface area (TPSA) is 76.1 Å². The lowest BCUT2D eigenvalue weighted by atomic mass is 9.69. The van der Waals surface area contributed by atoms with Crippen molar-refractivity contribution in [1.29, 1.82) is 0 Å². The summed E-state index contributed by atoms with van der Waals surface area (Å²) in [6.07, 6.45) is 3.16. The van der Waals surface area contributed by atoms with Gasteiger partial charge in [0, 0.05) is 15.2 Å². The number of fused-ring (bicyclic) bond motifs is 1. The van der Waals surface area contributed by atoms with Gasteiger partial charge in [0.15, 0.2) is 0 Å². The van der Waals surface area contributed by atoms with Crippen LogP contribution >= 0.6 is 0 Å². The molecule has 35 heavy (non-hydrogen) atoms. The summed E-state index contributed by atoms with van der Waals surface area (Å²) in [5.41, 5.74) is 4.06. The second-order valence-electron chi connectivity index (χ2n) is 8.98. The molecule has 3 aromatic rings. The van der Waals surface area contributed by atoms with Gasteiger partial charge in [-0.05, 0) is 91.2 Å². The highest BCUT2D eigenvalue weighted by Gasteiger charge is 2.32. The van der Waals surface area contributed by atoms with Gasteiger partial charge in [0.2, 0.25) is 0 Å². The number of rotatable bonds is 8. The fraction of sp³-hybridized carbons (Fsp3) is 0.357. The van der Waals surface area contributed by atoms with Crippen molar-refractivity contribution in [1.82, 2.24) is 4.90 Å². The quantitative estimate of drug-likeness (QED) is 0.431. The first-order chi connectivity index (χ1) is 18.4. The Bertz CT molecular complexity index is 1410. The summed E-state index contributed by atoms with van der Waals surface area (Å²) in [4.78, 5) is 1.49. The van der Waals surface area contributed by atoms with Gasteiger partial charge in [-0.3, -0.25) is 9.45 Å². The third-order valence-electron chi connectivity index (χ3n) is 6.72. The van der Waals surface area contributed by atoms with Crippen LogP contribution in [0.2, 0.25) is 0 Å². The molecule has 1 saturated heterocycles. The van der Waals surface area contributed by atoms with Crippen LogP contribution in [0.25, 0.3) is 0 Å². The first kappa shape index (κ1) is 19.3. The zero-order chi connectivity index (χ0) is 27.8. The summed E-state index contributed by atoms with van der Waals surface area (Å²) >= 11 is 0. The van der Waals surface area contributed by atoms with Crippen molar-refractivity contribution in [3.63, 3.8) is 0 Å². The zero-order valence-electron chi connectivity index (χ0n) is 23.3. The second kappa shape index (κ2) is 10.4. The van der Waals surface area contributed by atoms with E-state index < -0.39 is 23.5 Å². The molecule has 6 nitrogen and oxygen atoms in total. The van der Waals surface area contributed by atoms with Gasteiger partial charge < -0.3 is 8.92 Å². The first-order valence-corrected chi connectivity index (χ1v) is 13.2. The summed E-state index contributed by atoms with van der Waals surface area (Å²) in [6, 6.07) is 22.2. The first-order valence-electron chi connectivity index (χ1n) is 13.8. The van der Waals surface area contributed by atoms with Crippen LogP contribution in [0.15, 0.2) is 72.8 Å². The van der Waals surface area contributed by atoms with E-state index in [1.54, 1.807) is 18.2 Å². The smallest absolute Gasteiger partial charge is 0.446 e. The average Bonchev–Trinajstić information content (AvgIpc) is 3.44. The van der Waals surface area contributed by atoms with Crippen LogP contribution in [0.1, 0.15) is 58.8 Å². The maximum absolute atomic E-state index is 11.2. The van der Waals surface area contributed by atoms with E-state index >= 15 is 0 Å². The molecule has 1 N–H and O–H groups in total. The van der Waals surface area contributed by atoms with Gasteiger partial charge in [-0.25, -0.2) is 0 Å². The number of aryl methyl sites for hydroxylation is 1. The minimum absolute atomic E-state index is 0.0476. The number of hydrogen-bond donors (Lipinski definition) is 1. The summed E-state index contributed by atoms with van der Waals surface area (Å²) in [5, 5.41) is 0. The van der Waals surface area contributed by atoms with Gasteiger partial charge in [0.25, 0.3) is 0 Å². The Hall–Kier alpha value is -2.87. The van der Waals surface area contributed by atoms with Crippen LogP contribution in [-0.4, -0.2) is 44.0 Å². The van der Waals surface area contributed by atoms with E-state index in [2.05, 4.69) is 16.3 Å². The fourth-order valence-electron chi connectivity index (χ4n) is 5.16. The molecule has 0 amide bonds. The lowest BCUT2D eigenvalue weighted by Crippen LogP contribution is -2.25. The number of nitrogens with zero attached hydrogens (tertiary/aromatic N) is 1. The minimum atomic E-state index is -4.63. The maximum atomic E-state index is 11.2. The van der Waals surface area contributed by atoms with Gasteiger partial charge in [0.05, 0.1) is 2.74 Å². The number of likely N-dealkylation sites (tertiary alicyclic amines) is 1. The van der Waals surface area contributed by atoms with Crippen molar-refractivity contribution in [2.45, 2.75) is 37.5 Å². The van der Waals surface area contributed by atoms with Crippen LogP contribution in [0.4, 0.5) is 0 Å². The second-order valence-corrected chi connectivity index (χ2v) is 10.0. The van der Waals surface area contributed by atoms with E-state index in [1.165, 1.54) is 16.5 Å². The molecule has 7 heteroatoms. The van der Waals surface area contributed by atoms with Gasteiger partial charge in [-0.15, -0.1) is 0 Å². The summed E-state index contributed by atoms with van der Waals surface area (Å²) in [5.74, 6) is 0.328. The van der Waals surface area contributed by atoms with Crippen molar-refractivity contribution in [2.24, 2.45) is 0 Å². The van der Waals surface area contributed by atoms with Crippen LogP contribution in [0.3, 0.4) is 0 Å². The molecule has 1 aliphatic heterocycles. The number of benzene rings is 3. The summed E-state index contributed by atoms with van der Waals surface area (Å²) < 4.78 is 75.3. The van der Waals surface area contributed by atoms with Gasteiger partial charge in [0.1, 0.15) is 18.1 Å². The molecule has 0 radical (unpaired) electrons. The van der Waals surface area contributed by atoms with Crippen molar-refractivity contribution in [3.05, 3.63) is 95.1 Å². The predicted molar refractivity (Wildman–Crippen MR) is 136 cm³/mol. The minimum Gasteiger partial charge on any atom is -0.492 e. The normalized spacial score (nSPS) is 22.9. The predicted octanol–water partition coefficient (Wildman–Crippen LogP) is 5.20. The highest BCUT2D eigenvalue weighted by Crippen LogP contribution is 2.47. The molecule has 3 aromatic carbocycles. The Kier molecular flexibility index (Phi) is 5.74. The van der Waals surface area contributed by atoms with E-state index in [9.17, 15) is 8.42 Å². The largest absolute Gasteiger partial charge is 0.492 e. The third kappa shape index (κ3) is 5.86. The lowest BCUT2D eigenvalue weighted by Gasteiger charge is -2.35. The molecule has 0 saturated carbocycles. The monoisotopic (exact) mass is 497 g/mol. The van der Waals surface area contributed by atoms with Crippen molar-refractivity contribution < 1.29 is 27.4 Å². The fourth-order valence-corrected chi connectivity index (χ4v) is 5.51. The Labute approximate surface area is 213 Å². The standard InChI is InChI=1S/C28H31NO5S/c30-35(31,32)34-25-13-15-27-23(20-25)10-14-26(21-6-2-1-3-7-21)28(27)22-8-11-24(12-9-22)33-19-18-29-16-4-5-17-29/h1-3,6-9,11-13,15,20,26,28H,4-5,10,14,16-19H2,(H,30,31,32)/t26-,28+/m0/s1/i18D2,19D2. The van der Waals surface area contributed by atoms with Gasteiger partial charge in [-0.2, -0.15) is 8.42 Å². The highest BCUT2D eigenvalue weighted by atomic mass is 32.3.